The number of rotatable bonds is 5. The zero-order valence-corrected chi connectivity index (χ0v) is 11.1. The lowest BCUT2D eigenvalue weighted by molar-refractivity contribution is 0.568. The molecule has 1 atom stereocenters. The van der Waals surface area contributed by atoms with Crippen molar-refractivity contribution in [3.63, 3.8) is 0 Å². The Hall–Kier alpha value is -0.780. The molecule has 3 nitrogen and oxygen atoms in total. The smallest absolute Gasteiger partial charge is 0.134 e. The van der Waals surface area contributed by atoms with Gasteiger partial charge >= 0.3 is 0 Å². The predicted octanol–water partition coefficient (Wildman–Crippen LogP) is 2.86. The van der Waals surface area contributed by atoms with Gasteiger partial charge < -0.3 is 5.32 Å². The SMILES string of the molecule is CCC(NC)c1nnc(Cc2ccsc2)s1. The van der Waals surface area contributed by atoms with Crippen molar-refractivity contribution in [2.45, 2.75) is 25.8 Å². The molecule has 0 saturated heterocycles. The highest BCUT2D eigenvalue weighted by Gasteiger charge is 2.13. The number of hydrogen-bond acceptors (Lipinski definition) is 5. The summed E-state index contributed by atoms with van der Waals surface area (Å²) >= 11 is 3.43. The lowest BCUT2D eigenvalue weighted by atomic mass is 10.2. The maximum Gasteiger partial charge on any atom is 0.134 e. The fourth-order valence-corrected chi connectivity index (χ4v) is 3.29. The van der Waals surface area contributed by atoms with Gasteiger partial charge in [0.25, 0.3) is 0 Å². The van der Waals surface area contributed by atoms with Crippen molar-refractivity contribution in [3.8, 4) is 0 Å². The van der Waals surface area contributed by atoms with Crippen LogP contribution in [-0.4, -0.2) is 17.2 Å². The van der Waals surface area contributed by atoms with Crippen LogP contribution < -0.4 is 5.32 Å². The molecule has 0 saturated carbocycles. The molecule has 86 valence electrons. The fourth-order valence-electron chi connectivity index (χ4n) is 1.55. The topological polar surface area (TPSA) is 37.8 Å². The summed E-state index contributed by atoms with van der Waals surface area (Å²) < 4.78 is 0. The summed E-state index contributed by atoms with van der Waals surface area (Å²) in [5.41, 5.74) is 1.32. The van der Waals surface area contributed by atoms with Gasteiger partial charge in [-0.2, -0.15) is 11.3 Å². The normalized spacial score (nSPS) is 12.9. The second kappa shape index (κ2) is 5.52. The first kappa shape index (κ1) is 11.7. The van der Waals surface area contributed by atoms with Gasteiger partial charge in [-0.3, -0.25) is 0 Å². The molecule has 2 aromatic heterocycles. The number of nitrogens with zero attached hydrogens (tertiary/aromatic N) is 2. The van der Waals surface area contributed by atoms with Gasteiger partial charge in [-0.25, -0.2) is 0 Å². The van der Waals surface area contributed by atoms with Crippen LogP contribution in [0.2, 0.25) is 0 Å². The molecule has 0 radical (unpaired) electrons. The lowest BCUT2D eigenvalue weighted by Gasteiger charge is -2.07. The molecule has 0 aliphatic rings. The van der Waals surface area contributed by atoms with E-state index in [1.165, 1.54) is 5.56 Å². The van der Waals surface area contributed by atoms with Gasteiger partial charge in [0.05, 0.1) is 6.04 Å². The molecule has 5 heteroatoms. The van der Waals surface area contributed by atoms with Crippen LogP contribution in [0.3, 0.4) is 0 Å². The zero-order chi connectivity index (χ0) is 11.4. The highest BCUT2D eigenvalue weighted by molar-refractivity contribution is 7.11. The summed E-state index contributed by atoms with van der Waals surface area (Å²) in [6, 6.07) is 2.48. The van der Waals surface area contributed by atoms with Gasteiger partial charge in [0, 0.05) is 6.42 Å². The third-order valence-electron chi connectivity index (χ3n) is 2.47. The van der Waals surface area contributed by atoms with Crippen LogP contribution in [0.25, 0.3) is 0 Å². The number of nitrogens with one attached hydrogen (secondary N) is 1. The van der Waals surface area contributed by atoms with Crippen LogP contribution in [0, 0.1) is 0 Å². The maximum absolute atomic E-state index is 4.25. The number of hydrogen-bond donors (Lipinski definition) is 1. The Morgan fingerprint density at radius 2 is 2.31 bits per heavy atom. The summed E-state index contributed by atoms with van der Waals surface area (Å²) in [5, 5.41) is 18.2. The molecule has 0 bridgehead atoms. The van der Waals surface area contributed by atoms with E-state index in [1.54, 1.807) is 22.7 Å². The van der Waals surface area contributed by atoms with E-state index in [1.807, 2.05) is 7.05 Å². The molecule has 0 aliphatic carbocycles. The minimum Gasteiger partial charge on any atom is -0.311 e. The first-order valence-corrected chi connectivity index (χ1v) is 7.10. The molecular weight excluding hydrogens is 238 g/mol. The van der Waals surface area contributed by atoms with Crippen LogP contribution in [0.4, 0.5) is 0 Å². The Kier molecular flexibility index (Phi) is 4.04. The second-order valence-electron chi connectivity index (χ2n) is 3.59. The maximum atomic E-state index is 4.25. The highest BCUT2D eigenvalue weighted by atomic mass is 32.1. The van der Waals surface area contributed by atoms with Crippen molar-refractivity contribution < 1.29 is 0 Å². The Labute approximate surface area is 104 Å². The van der Waals surface area contributed by atoms with E-state index in [2.05, 4.69) is 39.3 Å². The Balaban J connectivity index is 2.07. The minimum absolute atomic E-state index is 0.341. The third-order valence-corrected chi connectivity index (χ3v) is 4.24. The highest BCUT2D eigenvalue weighted by Crippen LogP contribution is 2.22. The van der Waals surface area contributed by atoms with Crippen molar-refractivity contribution in [1.29, 1.82) is 0 Å². The van der Waals surface area contributed by atoms with Gasteiger partial charge in [-0.05, 0) is 35.9 Å². The zero-order valence-electron chi connectivity index (χ0n) is 9.43. The molecule has 1 N–H and O–H groups in total. The number of aromatic nitrogens is 2. The van der Waals surface area contributed by atoms with Crippen LogP contribution in [0.15, 0.2) is 16.8 Å². The molecule has 0 aliphatic heterocycles. The van der Waals surface area contributed by atoms with Crippen molar-refractivity contribution in [1.82, 2.24) is 15.5 Å². The van der Waals surface area contributed by atoms with Crippen LogP contribution in [0.1, 0.15) is 35.0 Å². The van der Waals surface area contributed by atoms with Crippen molar-refractivity contribution >= 4 is 22.7 Å². The van der Waals surface area contributed by atoms with Crippen LogP contribution in [0.5, 0.6) is 0 Å². The first-order chi connectivity index (χ1) is 7.83. The molecule has 2 heterocycles. The van der Waals surface area contributed by atoms with Crippen molar-refractivity contribution in [2.75, 3.05) is 7.05 Å². The van der Waals surface area contributed by atoms with E-state index in [0.717, 1.165) is 22.9 Å². The Morgan fingerprint density at radius 1 is 1.44 bits per heavy atom. The van der Waals surface area contributed by atoms with E-state index >= 15 is 0 Å². The summed E-state index contributed by atoms with van der Waals surface area (Å²) in [7, 11) is 1.97. The van der Waals surface area contributed by atoms with Gasteiger partial charge in [0.15, 0.2) is 0 Å². The molecular formula is C11H15N3S2. The first-order valence-electron chi connectivity index (χ1n) is 5.34. The molecule has 1 unspecified atom stereocenters. The predicted molar refractivity (Wildman–Crippen MR) is 69.1 cm³/mol. The van der Waals surface area contributed by atoms with Gasteiger partial charge in [0.2, 0.25) is 0 Å². The standard InChI is InChI=1S/C11H15N3S2/c1-3-9(12-2)11-14-13-10(16-11)6-8-4-5-15-7-8/h4-5,7,9,12H,3,6H2,1-2H3. The quantitative estimate of drug-likeness (QED) is 0.890. The lowest BCUT2D eigenvalue weighted by Crippen LogP contribution is -2.14. The van der Waals surface area contributed by atoms with Gasteiger partial charge in [0.1, 0.15) is 10.0 Å². The van der Waals surface area contributed by atoms with Gasteiger partial charge in [-0.1, -0.05) is 18.3 Å². The van der Waals surface area contributed by atoms with E-state index in [-0.39, 0.29) is 0 Å². The molecule has 16 heavy (non-hydrogen) atoms. The Bertz CT molecular complexity index is 418. The molecule has 2 rings (SSSR count). The molecule has 0 amide bonds. The van der Waals surface area contributed by atoms with E-state index in [9.17, 15) is 0 Å². The third kappa shape index (κ3) is 2.66. The Morgan fingerprint density at radius 3 is 2.94 bits per heavy atom. The van der Waals surface area contributed by atoms with Gasteiger partial charge in [-0.15, -0.1) is 10.2 Å². The number of thiophene rings is 1. The molecule has 0 spiro atoms. The fraction of sp³-hybridized carbons (Fsp3) is 0.455. The van der Waals surface area contributed by atoms with Crippen molar-refractivity contribution in [3.05, 3.63) is 32.4 Å². The van der Waals surface area contributed by atoms with Crippen molar-refractivity contribution in [2.24, 2.45) is 0 Å². The summed E-state index contributed by atoms with van der Waals surface area (Å²) in [6.45, 7) is 2.15. The summed E-state index contributed by atoms with van der Waals surface area (Å²) in [6.07, 6.45) is 1.95. The second-order valence-corrected chi connectivity index (χ2v) is 5.47. The largest absolute Gasteiger partial charge is 0.311 e. The van der Waals surface area contributed by atoms with E-state index < -0.39 is 0 Å². The summed E-state index contributed by atoms with van der Waals surface area (Å²) in [5.74, 6) is 0. The van der Waals surface area contributed by atoms with E-state index in [4.69, 9.17) is 0 Å². The average Bonchev–Trinajstić information content (AvgIpc) is 2.93. The average molecular weight is 253 g/mol. The van der Waals surface area contributed by atoms with Crippen LogP contribution >= 0.6 is 22.7 Å². The van der Waals surface area contributed by atoms with Crippen LogP contribution in [-0.2, 0) is 6.42 Å². The monoisotopic (exact) mass is 253 g/mol. The van der Waals surface area contributed by atoms with E-state index in [0.29, 0.717) is 6.04 Å². The summed E-state index contributed by atoms with van der Waals surface area (Å²) in [4.78, 5) is 0. The molecule has 0 aromatic carbocycles. The molecule has 0 fully saturated rings. The molecule has 2 aromatic rings. The minimum atomic E-state index is 0.341.